The fourth-order valence-electron chi connectivity index (χ4n) is 1.75. The highest BCUT2D eigenvalue weighted by molar-refractivity contribution is 5.52. The maximum Gasteiger partial charge on any atom is 0.119 e. The monoisotopic (exact) mass is 229 g/mol. The third-order valence-corrected chi connectivity index (χ3v) is 2.66. The maximum atomic E-state index is 9.41. The van der Waals surface area contributed by atoms with E-state index in [0.29, 0.717) is 6.42 Å². The molecule has 0 spiro atoms. The van der Waals surface area contributed by atoms with Gasteiger partial charge in [-0.2, -0.15) is 0 Å². The molecule has 0 aliphatic heterocycles. The van der Waals surface area contributed by atoms with Crippen molar-refractivity contribution in [3.05, 3.63) is 53.6 Å². The van der Waals surface area contributed by atoms with Crippen LogP contribution in [0.2, 0.25) is 0 Å². The van der Waals surface area contributed by atoms with Crippen LogP contribution in [0, 0.1) is 0 Å². The molecule has 0 aliphatic rings. The van der Waals surface area contributed by atoms with Crippen LogP contribution in [0.1, 0.15) is 11.1 Å². The first-order chi connectivity index (χ1) is 8.19. The van der Waals surface area contributed by atoms with Gasteiger partial charge in [-0.1, -0.05) is 12.1 Å². The number of phenols is 1. The second-order valence-electron chi connectivity index (χ2n) is 3.91. The van der Waals surface area contributed by atoms with Crippen LogP contribution in [0.4, 0.5) is 5.69 Å². The topological polar surface area (TPSA) is 55.5 Å². The number of ether oxygens (including phenoxy) is 1. The van der Waals surface area contributed by atoms with Crippen LogP contribution in [-0.2, 0) is 6.42 Å². The summed E-state index contributed by atoms with van der Waals surface area (Å²) in [6, 6.07) is 12.7. The molecule has 0 unspecified atom stereocenters. The molecule has 0 amide bonds. The molecule has 17 heavy (non-hydrogen) atoms. The number of anilines is 1. The highest BCUT2D eigenvalue weighted by Crippen LogP contribution is 2.23. The number of rotatable bonds is 3. The lowest BCUT2D eigenvalue weighted by Gasteiger charge is -2.08. The average Bonchev–Trinajstić information content (AvgIpc) is 2.32. The van der Waals surface area contributed by atoms with Crippen molar-refractivity contribution in [2.45, 2.75) is 6.42 Å². The summed E-state index contributed by atoms with van der Waals surface area (Å²) in [4.78, 5) is 0. The summed E-state index contributed by atoms with van der Waals surface area (Å²) >= 11 is 0. The zero-order valence-corrected chi connectivity index (χ0v) is 9.68. The minimum atomic E-state index is 0.268. The van der Waals surface area contributed by atoms with Gasteiger partial charge < -0.3 is 15.6 Å². The van der Waals surface area contributed by atoms with Gasteiger partial charge in [0.1, 0.15) is 11.5 Å². The van der Waals surface area contributed by atoms with Crippen LogP contribution in [0.5, 0.6) is 11.5 Å². The molecule has 0 atom stereocenters. The van der Waals surface area contributed by atoms with Crippen molar-refractivity contribution in [2.75, 3.05) is 12.8 Å². The summed E-state index contributed by atoms with van der Waals surface area (Å²) in [5, 5.41) is 9.41. The number of benzene rings is 2. The van der Waals surface area contributed by atoms with E-state index in [1.54, 1.807) is 19.2 Å². The Morgan fingerprint density at radius 2 is 2.00 bits per heavy atom. The van der Waals surface area contributed by atoms with E-state index in [1.165, 1.54) is 0 Å². The average molecular weight is 229 g/mol. The van der Waals surface area contributed by atoms with Gasteiger partial charge in [0, 0.05) is 5.69 Å². The number of hydrogen-bond acceptors (Lipinski definition) is 3. The molecule has 0 heterocycles. The SMILES string of the molecule is COc1ccc(N)c(Cc2cccc(O)c2)c1. The highest BCUT2D eigenvalue weighted by atomic mass is 16.5. The van der Waals surface area contributed by atoms with Crippen LogP contribution in [0.15, 0.2) is 42.5 Å². The van der Waals surface area contributed by atoms with Crippen LogP contribution in [-0.4, -0.2) is 12.2 Å². The molecular formula is C14H15NO2. The first-order valence-corrected chi connectivity index (χ1v) is 5.39. The van der Waals surface area contributed by atoms with Gasteiger partial charge in [0.05, 0.1) is 7.11 Å². The number of phenolic OH excluding ortho intramolecular Hbond substituents is 1. The van der Waals surface area contributed by atoms with Gasteiger partial charge in [-0.3, -0.25) is 0 Å². The van der Waals surface area contributed by atoms with Crippen molar-refractivity contribution in [3.8, 4) is 11.5 Å². The summed E-state index contributed by atoms with van der Waals surface area (Å²) in [5.74, 6) is 1.05. The van der Waals surface area contributed by atoms with Gasteiger partial charge in [0.2, 0.25) is 0 Å². The van der Waals surface area contributed by atoms with E-state index in [0.717, 1.165) is 22.6 Å². The summed E-state index contributed by atoms with van der Waals surface area (Å²) in [6.07, 6.45) is 0.678. The van der Waals surface area contributed by atoms with E-state index in [9.17, 15) is 5.11 Å². The largest absolute Gasteiger partial charge is 0.508 e. The molecule has 88 valence electrons. The van der Waals surface area contributed by atoms with Crippen molar-refractivity contribution in [3.63, 3.8) is 0 Å². The first kappa shape index (κ1) is 11.3. The molecule has 0 radical (unpaired) electrons. The van der Waals surface area contributed by atoms with E-state index >= 15 is 0 Å². The fourth-order valence-corrected chi connectivity index (χ4v) is 1.75. The Bertz CT molecular complexity index is 523. The summed E-state index contributed by atoms with van der Waals surface area (Å²) in [5.41, 5.74) is 8.66. The van der Waals surface area contributed by atoms with Crippen molar-refractivity contribution in [1.29, 1.82) is 0 Å². The quantitative estimate of drug-likeness (QED) is 0.795. The molecule has 0 saturated carbocycles. The number of nitrogen functional groups attached to an aromatic ring is 1. The Morgan fingerprint density at radius 3 is 2.71 bits per heavy atom. The van der Waals surface area contributed by atoms with Gasteiger partial charge in [0.25, 0.3) is 0 Å². The smallest absolute Gasteiger partial charge is 0.119 e. The van der Waals surface area contributed by atoms with Crippen LogP contribution < -0.4 is 10.5 Å². The molecule has 2 aromatic rings. The molecule has 0 saturated heterocycles. The highest BCUT2D eigenvalue weighted by Gasteiger charge is 2.03. The lowest BCUT2D eigenvalue weighted by molar-refractivity contribution is 0.414. The standard InChI is InChI=1S/C14H15NO2/c1-17-13-5-6-14(15)11(9-13)7-10-3-2-4-12(16)8-10/h2-6,8-9,16H,7,15H2,1H3. The lowest BCUT2D eigenvalue weighted by atomic mass is 10.0. The number of aromatic hydroxyl groups is 1. The summed E-state index contributed by atoms with van der Waals surface area (Å²) in [6.45, 7) is 0. The maximum absolute atomic E-state index is 9.41. The third-order valence-electron chi connectivity index (χ3n) is 2.66. The van der Waals surface area contributed by atoms with Gasteiger partial charge in [-0.05, 0) is 47.9 Å². The Balaban J connectivity index is 2.29. The van der Waals surface area contributed by atoms with Crippen molar-refractivity contribution in [2.24, 2.45) is 0 Å². The molecule has 0 aromatic heterocycles. The van der Waals surface area contributed by atoms with Crippen LogP contribution >= 0.6 is 0 Å². The fraction of sp³-hybridized carbons (Fsp3) is 0.143. The Labute approximate surface area is 100 Å². The second-order valence-corrected chi connectivity index (χ2v) is 3.91. The summed E-state index contributed by atoms with van der Waals surface area (Å²) in [7, 11) is 1.63. The van der Waals surface area contributed by atoms with Crippen LogP contribution in [0.25, 0.3) is 0 Å². The zero-order valence-electron chi connectivity index (χ0n) is 9.68. The van der Waals surface area contributed by atoms with E-state index in [2.05, 4.69) is 0 Å². The van der Waals surface area contributed by atoms with Crippen LogP contribution in [0.3, 0.4) is 0 Å². The lowest BCUT2D eigenvalue weighted by Crippen LogP contribution is -1.96. The Kier molecular flexibility index (Phi) is 3.19. The van der Waals surface area contributed by atoms with Crippen molar-refractivity contribution >= 4 is 5.69 Å². The number of nitrogens with two attached hydrogens (primary N) is 1. The molecule has 2 rings (SSSR count). The molecule has 0 aliphatic carbocycles. The predicted octanol–water partition coefficient (Wildman–Crippen LogP) is 2.57. The first-order valence-electron chi connectivity index (χ1n) is 5.39. The summed E-state index contributed by atoms with van der Waals surface area (Å²) < 4.78 is 5.17. The Morgan fingerprint density at radius 1 is 1.18 bits per heavy atom. The van der Waals surface area contributed by atoms with Gasteiger partial charge in [0.15, 0.2) is 0 Å². The van der Waals surface area contributed by atoms with Crippen molar-refractivity contribution < 1.29 is 9.84 Å². The molecule has 0 fully saturated rings. The van der Waals surface area contributed by atoms with Crippen molar-refractivity contribution in [1.82, 2.24) is 0 Å². The Hall–Kier alpha value is -2.16. The predicted molar refractivity (Wildman–Crippen MR) is 68.3 cm³/mol. The molecule has 3 nitrogen and oxygen atoms in total. The van der Waals surface area contributed by atoms with Gasteiger partial charge >= 0.3 is 0 Å². The zero-order chi connectivity index (χ0) is 12.3. The molecule has 2 aromatic carbocycles. The molecular weight excluding hydrogens is 214 g/mol. The third kappa shape index (κ3) is 2.69. The minimum absolute atomic E-state index is 0.268. The van der Waals surface area contributed by atoms with Gasteiger partial charge in [-0.15, -0.1) is 0 Å². The van der Waals surface area contributed by atoms with Gasteiger partial charge in [-0.25, -0.2) is 0 Å². The second kappa shape index (κ2) is 4.78. The number of methoxy groups -OCH3 is 1. The molecule has 3 heteroatoms. The molecule has 3 N–H and O–H groups in total. The number of hydrogen-bond donors (Lipinski definition) is 2. The van der Waals surface area contributed by atoms with E-state index in [4.69, 9.17) is 10.5 Å². The molecule has 0 bridgehead atoms. The van der Waals surface area contributed by atoms with E-state index in [-0.39, 0.29) is 5.75 Å². The minimum Gasteiger partial charge on any atom is -0.508 e. The van der Waals surface area contributed by atoms with E-state index in [1.807, 2.05) is 30.3 Å². The van der Waals surface area contributed by atoms with E-state index < -0.39 is 0 Å². The normalized spacial score (nSPS) is 10.2.